The van der Waals surface area contributed by atoms with Crippen LogP contribution in [0.3, 0.4) is 0 Å². The van der Waals surface area contributed by atoms with Crippen LogP contribution >= 0.6 is 11.3 Å². The maximum atomic E-state index is 14.6. The second-order valence-corrected chi connectivity index (χ2v) is 9.41. The number of hydrogen-bond acceptors (Lipinski definition) is 6. The third-order valence-electron chi connectivity index (χ3n) is 5.84. The van der Waals surface area contributed by atoms with Crippen LogP contribution in [-0.4, -0.2) is 36.1 Å². The van der Waals surface area contributed by atoms with E-state index < -0.39 is 23.8 Å². The van der Waals surface area contributed by atoms with Gasteiger partial charge in [0.2, 0.25) is 6.10 Å². The van der Waals surface area contributed by atoms with Crippen LogP contribution in [0.2, 0.25) is 0 Å². The van der Waals surface area contributed by atoms with E-state index in [0.717, 1.165) is 34.7 Å². The van der Waals surface area contributed by atoms with E-state index in [1.807, 2.05) is 31.2 Å². The monoisotopic (exact) mass is 478 g/mol. The third-order valence-corrected chi connectivity index (χ3v) is 6.86. The standard InChI is InChI=1S/C26H23FN2O4S/c1-15-8-9-16-12-17-13-22(34-25(17)29-21(16)11-15)26(31)33-23(19-6-2-3-7-20(19)27)24(30)28-14-18-5-4-10-32-18/h2-3,6-9,11-13,18,23H,4-5,10,14H2,1H3,(H,28,30). The van der Waals surface area contributed by atoms with Crippen LogP contribution in [0.1, 0.15) is 39.7 Å². The molecule has 4 aromatic rings. The number of aryl methyl sites for hydroxylation is 1. The van der Waals surface area contributed by atoms with Gasteiger partial charge < -0.3 is 14.8 Å². The maximum Gasteiger partial charge on any atom is 0.349 e. The van der Waals surface area contributed by atoms with Gasteiger partial charge in [0.25, 0.3) is 5.91 Å². The fraction of sp³-hybridized carbons (Fsp3) is 0.269. The van der Waals surface area contributed by atoms with Gasteiger partial charge in [0.15, 0.2) is 0 Å². The summed E-state index contributed by atoms with van der Waals surface area (Å²) < 4.78 is 25.7. The Morgan fingerprint density at radius 2 is 2.06 bits per heavy atom. The van der Waals surface area contributed by atoms with Crippen molar-refractivity contribution in [2.45, 2.75) is 32.0 Å². The Labute approximate surface area is 199 Å². The van der Waals surface area contributed by atoms with Crippen molar-refractivity contribution >= 4 is 44.3 Å². The van der Waals surface area contributed by atoms with E-state index in [1.165, 1.54) is 29.5 Å². The van der Waals surface area contributed by atoms with Crippen LogP contribution in [0.15, 0.2) is 54.6 Å². The first-order valence-electron chi connectivity index (χ1n) is 11.1. The van der Waals surface area contributed by atoms with Gasteiger partial charge in [-0.25, -0.2) is 14.2 Å². The lowest BCUT2D eigenvalue weighted by Crippen LogP contribution is -2.37. The zero-order chi connectivity index (χ0) is 23.7. The molecule has 34 heavy (non-hydrogen) atoms. The maximum absolute atomic E-state index is 14.6. The number of thiophene rings is 1. The molecule has 1 aliphatic heterocycles. The highest BCUT2D eigenvalue weighted by Crippen LogP contribution is 2.30. The fourth-order valence-electron chi connectivity index (χ4n) is 4.06. The van der Waals surface area contributed by atoms with E-state index in [4.69, 9.17) is 9.47 Å². The lowest BCUT2D eigenvalue weighted by molar-refractivity contribution is -0.131. The van der Waals surface area contributed by atoms with Crippen LogP contribution < -0.4 is 5.32 Å². The molecule has 0 radical (unpaired) electrons. The smallest absolute Gasteiger partial charge is 0.349 e. The van der Waals surface area contributed by atoms with Crippen molar-refractivity contribution in [1.82, 2.24) is 10.3 Å². The number of benzene rings is 2. The van der Waals surface area contributed by atoms with Gasteiger partial charge >= 0.3 is 5.97 Å². The van der Waals surface area contributed by atoms with Crippen LogP contribution in [-0.2, 0) is 14.3 Å². The molecule has 1 fully saturated rings. The van der Waals surface area contributed by atoms with Gasteiger partial charge in [0.1, 0.15) is 15.5 Å². The molecule has 3 heterocycles. The zero-order valence-corrected chi connectivity index (χ0v) is 19.4. The van der Waals surface area contributed by atoms with Crippen molar-refractivity contribution in [3.63, 3.8) is 0 Å². The van der Waals surface area contributed by atoms with Gasteiger partial charge in [-0.1, -0.05) is 30.3 Å². The van der Waals surface area contributed by atoms with Gasteiger partial charge in [-0.15, -0.1) is 11.3 Å². The Morgan fingerprint density at radius 3 is 2.85 bits per heavy atom. The van der Waals surface area contributed by atoms with Crippen molar-refractivity contribution in [2.24, 2.45) is 0 Å². The first kappa shape index (κ1) is 22.4. The molecule has 0 aliphatic carbocycles. The average Bonchev–Trinajstić information content (AvgIpc) is 3.49. The second-order valence-electron chi connectivity index (χ2n) is 8.38. The molecule has 2 aromatic carbocycles. The van der Waals surface area contributed by atoms with E-state index in [2.05, 4.69) is 10.3 Å². The molecule has 1 saturated heterocycles. The number of hydrogen-bond donors (Lipinski definition) is 1. The molecule has 1 aliphatic rings. The molecular weight excluding hydrogens is 455 g/mol. The average molecular weight is 479 g/mol. The van der Waals surface area contributed by atoms with E-state index in [0.29, 0.717) is 16.3 Å². The van der Waals surface area contributed by atoms with Gasteiger partial charge in [0.05, 0.1) is 11.6 Å². The Morgan fingerprint density at radius 1 is 1.21 bits per heavy atom. The van der Waals surface area contributed by atoms with E-state index in [9.17, 15) is 14.0 Å². The summed E-state index contributed by atoms with van der Waals surface area (Å²) in [6.07, 6.45) is 0.260. The molecule has 5 rings (SSSR count). The molecule has 2 aromatic heterocycles. The second kappa shape index (κ2) is 9.48. The van der Waals surface area contributed by atoms with Crippen LogP contribution in [0.25, 0.3) is 21.1 Å². The highest BCUT2D eigenvalue weighted by molar-refractivity contribution is 7.20. The first-order valence-corrected chi connectivity index (χ1v) is 12.0. The molecule has 2 unspecified atom stereocenters. The van der Waals surface area contributed by atoms with E-state index in [-0.39, 0.29) is 18.2 Å². The Kier molecular flexibility index (Phi) is 6.26. The number of pyridine rings is 1. The van der Waals surface area contributed by atoms with Gasteiger partial charge in [0, 0.05) is 29.5 Å². The van der Waals surface area contributed by atoms with Gasteiger partial charge in [-0.05, 0) is 49.6 Å². The molecule has 6 nitrogen and oxygen atoms in total. The number of aromatic nitrogens is 1. The SMILES string of the molecule is Cc1ccc2cc3cc(C(=O)OC(C(=O)NCC4CCCO4)c4ccccc4F)sc3nc2c1. The van der Waals surface area contributed by atoms with Crippen molar-refractivity contribution in [2.75, 3.05) is 13.2 Å². The third kappa shape index (κ3) is 4.64. The lowest BCUT2D eigenvalue weighted by atomic mass is 10.1. The van der Waals surface area contributed by atoms with Gasteiger partial charge in [-0.2, -0.15) is 0 Å². The highest BCUT2D eigenvalue weighted by atomic mass is 32.1. The zero-order valence-electron chi connectivity index (χ0n) is 18.5. The summed E-state index contributed by atoms with van der Waals surface area (Å²) in [5.74, 6) is -1.91. The fourth-order valence-corrected chi connectivity index (χ4v) is 4.97. The summed E-state index contributed by atoms with van der Waals surface area (Å²) in [7, 11) is 0. The number of esters is 1. The van der Waals surface area contributed by atoms with Crippen molar-refractivity contribution < 1.29 is 23.5 Å². The predicted octanol–water partition coefficient (Wildman–Crippen LogP) is 5.09. The van der Waals surface area contributed by atoms with Crippen LogP contribution in [0, 0.1) is 12.7 Å². The minimum atomic E-state index is -1.42. The van der Waals surface area contributed by atoms with Crippen molar-refractivity contribution in [1.29, 1.82) is 0 Å². The van der Waals surface area contributed by atoms with Crippen LogP contribution in [0.4, 0.5) is 4.39 Å². The number of carbonyl (C=O) groups is 2. The summed E-state index contributed by atoms with van der Waals surface area (Å²) in [5.41, 5.74) is 1.94. The Balaban J connectivity index is 1.41. The van der Waals surface area contributed by atoms with E-state index in [1.54, 1.807) is 12.1 Å². The molecular formula is C26H23FN2O4S. The number of amides is 1. The Hall–Kier alpha value is -3.36. The molecule has 8 heteroatoms. The molecule has 0 saturated carbocycles. The van der Waals surface area contributed by atoms with Crippen molar-refractivity contribution in [3.8, 4) is 0 Å². The summed E-state index contributed by atoms with van der Waals surface area (Å²) >= 11 is 1.18. The minimum Gasteiger partial charge on any atom is -0.443 e. The van der Waals surface area contributed by atoms with Crippen molar-refractivity contribution in [3.05, 3.63) is 76.4 Å². The number of nitrogens with zero attached hydrogens (tertiary/aromatic N) is 1. The molecule has 2 atom stereocenters. The number of nitrogens with one attached hydrogen (secondary N) is 1. The highest BCUT2D eigenvalue weighted by Gasteiger charge is 2.30. The van der Waals surface area contributed by atoms with Gasteiger partial charge in [-0.3, -0.25) is 4.79 Å². The predicted molar refractivity (Wildman–Crippen MR) is 128 cm³/mol. The molecule has 174 valence electrons. The number of fused-ring (bicyclic) bond motifs is 2. The minimum absolute atomic E-state index is 0.00106. The molecule has 0 spiro atoms. The topological polar surface area (TPSA) is 77.5 Å². The summed E-state index contributed by atoms with van der Waals surface area (Å²) in [6, 6.07) is 15.4. The van der Waals surface area contributed by atoms with E-state index >= 15 is 0 Å². The normalized spacial score (nSPS) is 16.6. The molecule has 1 N–H and O–H groups in total. The lowest BCUT2D eigenvalue weighted by Gasteiger charge is -2.19. The number of halogens is 1. The number of ether oxygens (including phenoxy) is 2. The number of carbonyl (C=O) groups excluding carboxylic acids is 2. The molecule has 0 bridgehead atoms. The summed E-state index contributed by atoms with van der Waals surface area (Å²) in [5, 5.41) is 4.51. The summed E-state index contributed by atoms with van der Waals surface area (Å²) in [6.45, 7) is 2.93. The quantitative estimate of drug-likeness (QED) is 0.391. The first-order chi connectivity index (χ1) is 16.5. The van der Waals surface area contributed by atoms with Crippen LogP contribution in [0.5, 0.6) is 0 Å². The Bertz CT molecular complexity index is 1380. The number of rotatable bonds is 6. The largest absolute Gasteiger partial charge is 0.443 e. The summed E-state index contributed by atoms with van der Waals surface area (Å²) in [4.78, 5) is 31.7. The molecule has 1 amide bonds.